The van der Waals surface area contributed by atoms with Crippen LogP contribution in [0.5, 0.6) is 0 Å². The summed E-state index contributed by atoms with van der Waals surface area (Å²) in [6, 6.07) is 4.51. The van der Waals surface area contributed by atoms with Gasteiger partial charge in [0.25, 0.3) is 5.91 Å². The molecule has 124 valence electrons. The molecular formula is C18H19FN4O. The molecule has 1 aliphatic heterocycles. The van der Waals surface area contributed by atoms with Gasteiger partial charge >= 0.3 is 0 Å². The van der Waals surface area contributed by atoms with E-state index in [1.54, 1.807) is 12.3 Å². The molecule has 1 fully saturated rings. The maximum absolute atomic E-state index is 13.5. The Bertz CT molecular complexity index is 926. The van der Waals surface area contributed by atoms with Crippen molar-refractivity contribution in [3.05, 3.63) is 53.0 Å². The van der Waals surface area contributed by atoms with Crippen molar-refractivity contribution in [1.29, 1.82) is 0 Å². The number of aromatic nitrogens is 3. The fourth-order valence-electron chi connectivity index (χ4n) is 3.55. The lowest BCUT2D eigenvalue weighted by atomic mass is 10.1. The highest BCUT2D eigenvalue weighted by Gasteiger charge is 2.33. The molecule has 0 aliphatic carbocycles. The molecule has 1 saturated heterocycles. The number of carbonyl (C=O) groups excluding carboxylic acids is 1. The summed E-state index contributed by atoms with van der Waals surface area (Å²) < 4.78 is 13.5. The summed E-state index contributed by atoms with van der Waals surface area (Å²) in [4.78, 5) is 25.7. The van der Waals surface area contributed by atoms with E-state index < -0.39 is 0 Å². The van der Waals surface area contributed by atoms with E-state index in [9.17, 15) is 9.18 Å². The number of amides is 1. The van der Waals surface area contributed by atoms with Crippen LogP contribution in [0.25, 0.3) is 10.9 Å². The first-order valence-electron chi connectivity index (χ1n) is 8.15. The molecule has 3 aromatic rings. The third-order valence-electron chi connectivity index (χ3n) is 4.79. The summed E-state index contributed by atoms with van der Waals surface area (Å²) in [7, 11) is 0. The van der Waals surface area contributed by atoms with E-state index in [1.807, 2.05) is 18.7 Å². The predicted molar refractivity (Wildman–Crippen MR) is 89.3 cm³/mol. The summed E-state index contributed by atoms with van der Waals surface area (Å²) in [6.07, 6.45) is 3.63. The zero-order valence-corrected chi connectivity index (χ0v) is 13.7. The molecule has 1 aliphatic rings. The van der Waals surface area contributed by atoms with Crippen molar-refractivity contribution in [2.24, 2.45) is 0 Å². The minimum atomic E-state index is -0.297. The molecule has 2 N–H and O–H groups in total. The maximum Gasteiger partial charge on any atom is 0.271 e. The monoisotopic (exact) mass is 326 g/mol. The number of likely N-dealkylation sites (tertiary alicyclic amines) is 1. The Morgan fingerprint density at radius 3 is 2.92 bits per heavy atom. The molecule has 0 saturated carbocycles. The van der Waals surface area contributed by atoms with Crippen LogP contribution in [0.1, 0.15) is 46.5 Å². The molecule has 0 bridgehead atoms. The Kier molecular flexibility index (Phi) is 3.40. The van der Waals surface area contributed by atoms with Crippen LogP contribution in [0.3, 0.4) is 0 Å². The smallest absolute Gasteiger partial charge is 0.271 e. The number of halogens is 1. The van der Waals surface area contributed by atoms with E-state index in [4.69, 9.17) is 0 Å². The molecule has 5 nitrogen and oxygen atoms in total. The quantitative estimate of drug-likeness (QED) is 0.755. The van der Waals surface area contributed by atoms with Crippen molar-refractivity contribution in [3.8, 4) is 0 Å². The lowest BCUT2D eigenvalue weighted by molar-refractivity contribution is 0.0724. The van der Waals surface area contributed by atoms with Gasteiger partial charge in [0.05, 0.1) is 6.04 Å². The van der Waals surface area contributed by atoms with Crippen molar-refractivity contribution >= 4 is 16.8 Å². The molecule has 1 aromatic carbocycles. The van der Waals surface area contributed by atoms with Crippen molar-refractivity contribution in [2.75, 3.05) is 6.54 Å². The average molecular weight is 326 g/mol. The van der Waals surface area contributed by atoms with Crippen LogP contribution in [0.2, 0.25) is 0 Å². The highest BCUT2D eigenvalue weighted by Crippen LogP contribution is 2.33. The molecule has 2 aromatic heterocycles. The van der Waals surface area contributed by atoms with E-state index in [-0.39, 0.29) is 17.8 Å². The highest BCUT2D eigenvalue weighted by molar-refractivity contribution is 6.01. The van der Waals surface area contributed by atoms with Crippen LogP contribution in [-0.4, -0.2) is 32.3 Å². The molecule has 0 radical (unpaired) electrons. The first-order valence-corrected chi connectivity index (χ1v) is 8.15. The van der Waals surface area contributed by atoms with E-state index in [2.05, 4.69) is 15.0 Å². The number of aryl methyl sites for hydroxylation is 2. The Labute approximate surface area is 138 Å². The van der Waals surface area contributed by atoms with Crippen LogP contribution < -0.4 is 0 Å². The van der Waals surface area contributed by atoms with E-state index >= 15 is 0 Å². The van der Waals surface area contributed by atoms with Gasteiger partial charge in [-0.05, 0) is 50.5 Å². The number of imidazole rings is 1. The summed E-state index contributed by atoms with van der Waals surface area (Å²) in [5.41, 5.74) is 3.09. The number of hydrogen-bond donors (Lipinski definition) is 2. The fourth-order valence-corrected chi connectivity index (χ4v) is 3.55. The van der Waals surface area contributed by atoms with Gasteiger partial charge in [-0.2, -0.15) is 0 Å². The molecular weight excluding hydrogens is 307 g/mol. The molecule has 1 atom stereocenters. The molecule has 6 heteroatoms. The van der Waals surface area contributed by atoms with Gasteiger partial charge in [0, 0.05) is 29.3 Å². The topological polar surface area (TPSA) is 64.8 Å². The second kappa shape index (κ2) is 5.47. The summed E-state index contributed by atoms with van der Waals surface area (Å²) in [6.45, 7) is 4.51. The Morgan fingerprint density at radius 2 is 2.17 bits per heavy atom. The van der Waals surface area contributed by atoms with Gasteiger partial charge in [0.1, 0.15) is 17.3 Å². The zero-order chi connectivity index (χ0) is 16.8. The van der Waals surface area contributed by atoms with Crippen molar-refractivity contribution in [1.82, 2.24) is 19.9 Å². The zero-order valence-electron chi connectivity index (χ0n) is 13.7. The highest BCUT2D eigenvalue weighted by atomic mass is 19.1. The molecule has 4 rings (SSSR count). The van der Waals surface area contributed by atoms with Gasteiger partial charge in [0.15, 0.2) is 0 Å². The van der Waals surface area contributed by atoms with Crippen LogP contribution in [-0.2, 0) is 0 Å². The van der Waals surface area contributed by atoms with Crippen LogP contribution in [0.15, 0.2) is 24.4 Å². The first-order chi connectivity index (χ1) is 11.5. The second-order valence-electron chi connectivity index (χ2n) is 6.42. The number of nitrogens with one attached hydrogen (secondary N) is 2. The number of H-pyrrole nitrogens is 2. The molecule has 24 heavy (non-hydrogen) atoms. The number of benzene rings is 1. The van der Waals surface area contributed by atoms with Gasteiger partial charge in [-0.3, -0.25) is 4.79 Å². The minimum absolute atomic E-state index is 0.0336. The number of nitrogens with zero attached hydrogens (tertiary/aromatic N) is 2. The van der Waals surface area contributed by atoms with Crippen molar-refractivity contribution in [3.63, 3.8) is 0 Å². The van der Waals surface area contributed by atoms with Crippen LogP contribution in [0.4, 0.5) is 4.39 Å². The standard InChI is InChI=1S/C18H19FN4O/c1-10-9-20-17(21-10)15-4-3-7-23(15)18(24)16-11(2)13-8-12(19)5-6-14(13)22-16/h5-6,8-9,15,22H,3-4,7H2,1-2H3,(H,20,21)/t15-/m1/s1. The number of carbonyl (C=O) groups is 1. The van der Waals surface area contributed by atoms with E-state index in [0.29, 0.717) is 12.2 Å². The third-order valence-corrected chi connectivity index (χ3v) is 4.79. The number of rotatable bonds is 2. The molecule has 0 unspecified atom stereocenters. The third kappa shape index (κ3) is 2.29. The van der Waals surface area contributed by atoms with Crippen LogP contribution in [0, 0.1) is 19.7 Å². The van der Waals surface area contributed by atoms with E-state index in [0.717, 1.165) is 40.8 Å². The lowest BCUT2D eigenvalue weighted by Crippen LogP contribution is -2.31. The van der Waals surface area contributed by atoms with Gasteiger partial charge in [-0.25, -0.2) is 9.37 Å². The Hall–Kier alpha value is -2.63. The van der Waals surface area contributed by atoms with Crippen molar-refractivity contribution in [2.45, 2.75) is 32.7 Å². The lowest BCUT2D eigenvalue weighted by Gasteiger charge is -2.23. The fraction of sp³-hybridized carbons (Fsp3) is 0.333. The maximum atomic E-state index is 13.5. The molecule has 3 heterocycles. The van der Waals surface area contributed by atoms with Gasteiger partial charge < -0.3 is 14.9 Å². The van der Waals surface area contributed by atoms with Gasteiger partial charge in [-0.1, -0.05) is 0 Å². The Balaban J connectivity index is 1.71. The van der Waals surface area contributed by atoms with Gasteiger partial charge in [-0.15, -0.1) is 0 Å². The minimum Gasteiger partial charge on any atom is -0.350 e. The first kappa shape index (κ1) is 14.9. The largest absolute Gasteiger partial charge is 0.350 e. The SMILES string of the molecule is Cc1cnc([C@H]2CCCN2C(=O)c2[nH]c3ccc(F)cc3c2C)[nH]1. The number of hydrogen-bond acceptors (Lipinski definition) is 2. The van der Waals surface area contributed by atoms with Gasteiger partial charge in [0.2, 0.25) is 0 Å². The number of aromatic amines is 2. The normalized spacial score (nSPS) is 17.8. The molecule has 0 spiro atoms. The second-order valence-corrected chi connectivity index (χ2v) is 6.42. The number of fused-ring (bicyclic) bond motifs is 1. The molecule has 1 amide bonds. The van der Waals surface area contributed by atoms with Crippen LogP contribution >= 0.6 is 0 Å². The summed E-state index contributed by atoms with van der Waals surface area (Å²) >= 11 is 0. The van der Waals surface area contributed by atoms with Crippen molar-refractivity contribution < 1.29 is 9.18 Å². The Morgan fingerprint density at radius 1 is 1.33 bits per heavy atom. The summed E-state index contributed by atoms with van der Waals surface area (Å²) in [5.74, 6) is 0.479. The average Bonchev–Trinajstić information content (AvgIpc) is 3.26. The van der Waals surface area contributed by atoms with E-state index in [1.165, 1.54) is 12.1 Å². The summed E-state index contributed by atoms with van der Waals surface area (Å²) in [5, 5.41) is 0.753. The predicted octanol–water partition coefficient (Wildman–Crippen LogP) is 3.62.